The van der Waals surface area contributed by atoms with Crippen molar-refractivity contribution in [3.8, 4) is 5.75 Å². The maximum Gasteiger partial charge on any atom is 0.289 e. The number of carbonyl (C=O) groups is 2. The summed E-state index contributed by atoms with van der Waals surface area (Å²) >= 11 is 5.62. The van der Waals surface area contributed by atoms with Crippen LogP contribution in [0.2, 0.25) is 5.02 Å². The summed E-state index contributed by atoms with van der Waals surface area (Å²) in [5.74, 6) is -1.13. The van der Waals surface area contributed by atoms with E-state index >= 15 is 0 Å². The molecule has 1 aromatic heterocycles. The molecule has 3 N–H and O–H groups in total. The van der Waals surface area contributed by atoms with Gasteiger partial charge < -0.3 is 25.0 Å². The Morgan fingerprint density at radius 2 is 2.15 bits per heavy atom. The van der Waals surface area contributed by atoms with Gasteiger partial charge in [0.1, 0.15) is 11.6 Å². The molecular formula is C17H19ClFN3O5. The molecule has 0 bridgehead atoms. The first kappa shape index (κ1) is 20.7. The lowest BCUT2D eigenvalue weighted by Crippen LogP contribution is -2.37. The zero-order valence-corrected chi connectivity index (χ0v) is 15.3. The molecule has 1 heterocycles. The molecule has 0 saturated heterocycles. The fourth-order valence-corrected chi connectivity index (χ4v) is 2.18. The predicted molar refractivity (Wildman–Crippen MR) is 94.1 cm³/mol. The van der Waals surface area contributed by atoms with E-state index < -0.39 is 23.7 Å². The van der Waals surface area contributed by atoms with Gasteiger partial charge in [0.25, 0.3) is 11.8 Å². The molecule has 0 aliphatic heterocycles. The molecule has 2 aromatic rings. The van der Waals surface area contributed by atoms with Crippen molar-refractivity contribution in [3.05, 3.63) is 46.6 Å². The van der Waals surface area contributed by atoms with Gasteiger partial charge in [-0.05, 0) is 25.5 Å². The third kappa shape index (κ3) is 6.87. The van der Waals surface area contributed by atoms with Crippen LogP contribution in [0, 0.1) is 12.7 Å². The molecule has 0 aliphatic carbocycles. The number of aromatic nitrogens is 1. The standard InChI is InChI=1S/C17H19ClFN3O5/c1-10-6-15(27-22-10)17(25)20-5-4-11(23)8-21-16(24)9-26-12-2-3-14(19)13(18)7-12/h2-3,6-7,11,23H,4-5,8-9H2,1H3,(H,20,25)(H,21,24)/t11-/m0/s1. The lowest BCUT2D eigenvalue weighted by atomic mass is 10.2. The van der Waals surface area contributed by atoms with Crippen LogP contribution in [0.15, 0.2) is 28.8 Å². The van der Waals surface area contributed by atoms with Crippen LogP contribution in [0.4, 0.5) is 4.39 Å². The Kier molecular flexibility index (Phi) is 7.56. The van der Waals surface area contributed by atoms with Crippen molar-refractivity contribution in [1.82, 2.24) is 15.8 Å². The van der Waals surface area contributed by atoms with Crippen molar-refractivity contribution in [1.29, 1.82) is 0 Å². The number of aliphatic hydroxyl groups is 1. The number of aliphatic hydroxyl groups excluding tert-OH is 1. The molecule has 1 aromatic carbocycles. The molecule has 2 amide bonds. The van der Waals surface area contributed by atoms with Gasteiger partial charge in [-0.15, -0.1) is 0 Å². The van der Waals surface area contributed by atoms with E-state index in [-0.39, 0.29) is 42.6 Å². The van der Waals surface area contributed by atoms with E-state index in [0.717, 1.165) is 6.07 Å². The zero-order chi connectivity index (χ0) is 19.8. The van der Waals surface area contributed by atoms with Crippen molar-refractivity contribution < 1.29 is 28.3 Å². The Morgan fingerprint density at radius 1 is 1.37 bits per heavy atom. The number of rotatable bonds is 9. The number of nitrogens with zero attached hydrogens (tertiary/aromatic N) is 1. The number of hydrogen-bond donors (Lipinski definition) is 3. The average Bonchev–Trinajstić information content (AvgIpc) is 3.07. The molecule has 1 atom stereocenters. The normalized spacial score (nSPS) is 11.7. The molecule has 0 saturated carbocycles. The van der Waals surface area contributed by atoms with Crippen LogP contribution < -0.4 is 15.4 Å². The van der Waals surface area contributed by atoms with Gasteiger partial charge in [-0.25, -0.2) is 4.39 Å². The van der Waals surface area contributed by atoms with Gasteiger partial charge in [-0.1, -0.05) is 16.8 Å². The maximum absolute atomic E-state index is 13.0. The minimum Gasteiger partial charge on any atom is -0.484 e. The van der Waals surface area contributed by atoms with E-state index in [0.29, 0.717) is 5.69 Å². The van der Waals surface area contributed by atoms with Gasteiger partial charge >= 0.3 is 0 Å². The first-order valence-electron chi connectivity index (χ1n) is 8.09. The molecule has 2 rings (SSSR count). The van der Waals surface area contributed by atoms with Crippen LogP contribution in [0.1, 0.15) is 22.7 Å². The quantitative estimate of drug-likeness (QED) is 0.588. The SMILES string of the molecule is Cc1cc(C(=O)NCC[C@H](O)CNC(=O)COc2ccc(F)c(Cl)c2)on1. The highest BCUT2D eigenvalue weighted by atomic mass is 35.5. The van der Waals surface area contributed by atoms with E-state index in [4.69, 9.17) is 20.9 Å². The van der Waals surface area contributed by atoms with Gasteiger partial charge in [0.2, 0.25) is 5.76 Å². The summed E-state index contributed by atoms with van der Waals surface area (Å²) in [6, 6.07) is 5.24. The molecule has 0 aliphatic rings. The molecule has 0 spiro atoms. The van der Waals surface area contributed by atoms with Crippen LogP contribution in [-0.4, -0.2) is 47.9 Å². The van der Waals surface area contributed by atoms with Gasteiger partial charge in [-0.2, -0.15) is 0 Å². The van der Waals surface area contributed by atoms with Crippen LogP contribution in [0.3, 0.4) is 0 Å². The van der Waals surface area contributed by atoms with Gasteiger partial charge in [0.15, 0.2) is 6.61 Å². The number of aryl methyl sites for hydroxylation is 1. The third-order valence-electron chi connectivity index (χ3n) is 3.41. The summed E-state index contributed by atoms with van der Waals surface area (Å²) in [5.41, 5.74) is 0.591. The van der Waals surface area contributed by atoms with Gasteiger partial charge in [-0.3, -0.25) is 9.59 Å². The first-order valence-corrected chi connectivity index (χ1v) is 8.47. The lowest BCUT2D eigenvalue weighted by Gasteiger charge is -2.12. The van der Waals surface area contributed by atoms with E-state index in [1.54, 1.807) is 6.92 Å². The summed E-state index contributed by atoms with van der Waals surface area (Å²) in [5, 5.41) is 18.4. The maximum atomic E-state index is 13.0. The number of carbonyl (C=O) groups excluding carboxylic acids is 2. The highest BCUT2D eigenvalue weighted by Gasteiger charge is 2.13. The van der Waals surface area contributed by atoms with Crippen molar-refractivity contribution in [2.45, 2.75) is 19.4 Å². The Labute approximate surface area is 159 Å². The largest absolute Gasteiger partial charge is 0.484 e. The molecule has 0 fully saturated rings. The van der Waals surface area contributed by atoms with Crippen molar-refractivity contribution in [2.24, 2.45) is 0 Å². The predicted octanol–water partition coefficient (Wildman–Crippen LogP) is 1.45. The smallest absolute Gasteiger partial charge is 0.289 e. The lowest BCUT2D eigenvalue weighted by molar-refractivity contribution is -0.123. The second-order valence-corrected chi connectivity index (χ2v) is 6.11. The number of ether oxygens (including phenoxy) is 1. The Bertz CT molecular complexity index is 799. The molecule has 0 radical (unpaired) electrons. The molecule has 8 nitrogen and oxygen atoms in total. The monoisotopic (exact) mass is 399 g/mol. The third-order valence-corrected chi connectivity index (χ3v) is 3.70. The average molecular weight is 400 g/mol. The number of benzene rings is 1. The molecule has 27 heavy (non-hydrogen) atoms. The number of hydrogen-bond acceptors (Lipinski definition) is 6. The Balaban J connectivity index is 1.61. The highest BCUT2D eigenvalue weighted by molar-refractivity contribution is 6.30. The van der Waals surface area contributed by atoms with Crippen molar-refractivity contribution in [3.63, 3.8) is 0 Å². The summed E-state index contributed by atoms with van der Waals surface area (Å²) in [6.07, 6.45) is -0.626. The van der Waals surface area contributed by atoms with Crippen molar-refractivity contribution in [2.75, 3.05) is 19.7 Å². The molecule has 10 heteroatoms. The fraction of sp³-hybridized carbons (Fsp3) is 0.353. The van der Waals surface area contributed by atoms with E-state index in [9.17, 15) is 19.1 Å². The van der Waals surface area contributed by atoms with E-state index in [2.05, 4.69) is 15.8 Å². The molecule has 146 valence electrons. The second-order valence-electron chi connectivity index (χ2n) is 5.70. The Morgan fingerprint density at radius 3 is 2.81 bits per heavy atom. The minimum absolute atomic E-state index is 0.0103. The summed E-state index contributed by atoms with van der Waals surface area (Å²) in [4.78, 5) is 23.4. The molecular weight excluding hydrogens is 381 g/mol. The van der Waals surface area contributed by atoms with E-state index in [1.165, 1.54) is 18.2 Å². The molecule has 0 unspecified atom stereocenters. The minimum atomic E-state index is -0.856. The van der Waals surface area contributed by atoms with Crippen LogP contribution in [0.5, 0.6) is 5.75 Å². The van der Waals surface area contributed by atoms with Crippen LogP contribution in [-0.2, 0) is 4.79 Å². The first-order chi connectivity index (χ1) is 12.8. The van der Waals surface area contributed by atoms with Crippen LogP contribution in [0.25, 0.3) is 0 Å². The van der Waals surface area contributed by atoms with Crippen LogP contribution >= 0.6 is 11.6 Å². The number of nitrogens with one attached hydrogen (secondary N) is 2. The van der Waals surface area contributed by atoms with Gasteiger partial charge in [0, 0.05) is 25.2 Å². The summed E-state index contributed by atoms with van der Waals surface area (Å²) in [7, 11) is 0. The highest BCUT2D eigenvalue weighted by Crippen LogP contribution is 2.20. The van der Waals surface area contributed by atoms with Crippen molar-refractivity contribution >= 4 is 23.4 Å². The number of amides is 2. The number of halogens is 2. The zero-order valence-electron chi connectivity index (χ0n) is 14.5. The summed E-state index contributed by atoms with van der Waals surface area (Å²) in [6.45, 7) is 1.57. The van der Waals surface area contributed by atoms with Gasteiger partial charge in [0.05, 0.1) is 16.8 Å². The van der Waals surface area contributed by atoms with E-state index in [1.807, 2.05) is 0 Å². The second kappa shape index (κ2) is 9.89. The topological polar surface area (TPSA) is 114 Å². The summed E-state index contributed by atoms with van der Waals surface area (Å²) < 4.78 is 23.0. The fourth-order valence-electron chi connectivity index (χ4n) is 2.01. The Hall–Kier alpha value is -2.65.